The van der Waals surface area contributed by atoms with Crippen molar-refractivity contribution in [2.24, 2.45) is 0 Å². The highest BCUT2D eigenvalue weighted by Gasteiger charge is 2.38. The molecule has 1 saturated heterocycles. The molecule has 12 heteroatoms. The third-order valence-corrected chi connectivity index (χ3v) is 5.06. The molecule has 38 heavy (non-hydrogen) atoms. The van der Waals surface area contributed by atoms with Crippen LogP contribution in [0.1, 0.15) is 80.6 Å². The third-order valence-electron chi connectivity index (χ3n) is 5.06. The fraction of sp³-hybridized carbons (Fsp3) is 0.731. The second-order valence-electron chi connectivity index (χ2n) is 10.8. The minimum atomic E-state index is -0.949. The molecule has 0 aliphatic carbocycles. The number of alkyl carbamates (subject to hydrolysis) is 2. The summed E-state index contributed by atoms with van der Waals surface area (Å²) in [4.78, 5) is 63.1. The van der Waals surface area contributed by atoms with Crippen molar-refractivity contribution in [2.45, 2.75) is 104 Å². The molecule has 0 aromatic rings. The lowest BCUT2D eigenvalue weighted by molar-refractivity contribution is -0.149. The maximum atomic E-state index is 13.4. The Morgan fingerprint density at radius 2 is 1.61 bits per heavy atom. The number of nitrogens with one attached hydrogen (secondary N) is 2. The first kappa shape index (κ1) is 32.7. The van der Waals surface area contributed by atoms with Gasteiger partial charge in [0.05, 0.1) is 12.7 Å². The average Bonchev–Trinajstić information content (AvgIpc) is 3.25. The molecule has 3 amide bonds. The summed E-state index contributed by atoms with van der Waals surface area (Å²) in [5.74, 6) is -1.78. The number of unbranched alkanes of at least 4 members (excludes halogenated alkanes) is 1. The summed E-state index contributed by atoms with van der Waals surface area (Å²) in [6.45, 7) is 12.9. The maximum absolute atomic E-state index is 13.4. The summed E-state index contributed by atoms with van der Waals surface area (Å²) >= 11 is 0. The van der Waals surface area contributed by atoms with Gasteiger partial charge in [0.25, 0.3) is 0 Å². The Labute approximate surface area is 224 Å². The molecule has 216 valence electrons. The van der Waals surface area contributed by atoms with Crippen LogP contribution in [0.15, 0.2) is 12.3 Å². The largest absolute Gasteiger partial charge is 0.463 e. The zero-order valence-electron chi connectivity index (χ0n) is 23.6. The molecule has 0 spiro atoms. The van der Waals surface area contributed by atoms with Gasteiger partial charge in [-0.1, -0.05) is 0 Å². The monoisotopic (exact) mass is 541 g/mol. The quantitative estimate of drug-likeness (QED) is 0.132. The highest BCUT2D eigenvalue weighted by atomic mass is 16.6. The molecule has 2 N–H and O–H groups in total. The molecule has 0 bridgehead atoms. The van der Waals surface area contributed by atoms with Gasteiger partial charge in [0, 0.05) is 13.1 Å². The summed E-state index contributed by atoms with van der Waals surface area (Å²) in [5, 5.41) is 5.28. The lowest BCUT2D eigenvalue weighted by Gasteiger charge is -2.29. The van der Waals surface area contributed by atoms with Gasteiger partial charge >= 0.3 is 24.1 Å². The van der Waals surface area contributed by atoms with E-state index in [-0.39, 0.29) is 13.0 Å². The number of esters is 2. The normalized spacial score (nSPS) is 16.5. The van der Waals surface area contributed by atoms with E-state index >= 15 is 0 Å². The van der Waals surface area contributed by atoms with Crippen LogP contribution in [-0.2, 0) is 33.3 Å². The topological polar surface area (TPSA) is 150 Å². The van der Waals surface area contributed by atoms with Gasteiger partial charge in [0.15, 0.2) is 0 Å². The maximum Gasteiger partial charge on any atom is 0.408 e. The van der Waals surface area contributed by atoms with Crippen LogP contribution in [-0.4, -0.2) is 77.9 Å². The fourth-order valence-corrected chi connectivity index (χ4v) is 3.59. The SMILES string of the molecule is CCOC(=O)/C=C/OC(=O)[C@@H]1CCCN1C(=O)[C@H](CCCCNC(=O)OC(C)(C)C)NC(=O)OC(C)(C)C. The Morgan fingerprint density at radius 1 is 0.974 bits per heavy atom. The lowest BCUT2D eigenvalue weighted by Crippen LogP contribution is -2.52. The Morgan fingerprint density at radius 3 is 2.21 bits per heavy atom. The first-order chi connectivity index (χ1) is 17.6. The van der Waals surface area contributed by atoms with E-state index in [9.17, 15) is 24.0 Å². The van der Waals surface area contributed by atoms with Crippen LogP contribution in [0.5, 0.6) is 0 Å². The van der Waals surface area contributed by atoms with Crippen LogP contribution in [0.2, 0.25) is 0 Å². The van der Waals surface area contributed by atoms with E-state index < -0.39 is 53.3 Å². The molecule has 12 nitrogen and oxygen atoms in total. The molecule has 0 aromatic heterocycles. The van der Waals surface area contributed by atoms with Crippen molar-refractivity contribution in [3.8, 4) is 0 Å². The fourth-order valence-electron chi connectivity index (χ4n) is 3.59. The van der Waals surface area contributed by atoms with E-state index in [1.165, 1.54) is 4.90 Å². The number of ether oxygens (including phenoxy) is 4. The number of carbonyl (C=O) groups is 5. The summed E-state index contributed by atoms with van der Waals surface area (Å²) in [5.41, 5.74) is -1.37. The first-order valence-electron chi connectivity index (χ1n) is 12.9. The van der Waals surface area contributed by atoms with Crippen molar-refractivity contribution >= 4 is 30.0 Å². The van der Waals surface area contributed by atoms with Gasteiger partial charge < -0.3 is 34.5 Å². The van der Waals surface area contributed by atoms with E-state index in [4.69, 9.17) is 18.9 Å². The van der Waals surface area contributed by atoms with Crippen LogP contribution in [0.25, 0.3) is 0 Å². The van der Waals surface area contributed by atoms with Crippen LogP contribution >= 0.6 is 0 Å². The zero-order chi connectivity index (χ0) is 28.9. The van der Waals surface area contributed by atoms with Crippen LogP contribution < -0.4 is 10.6 Å². The van der Waals surface area contributed by atoms with Crippen molar-refractivity contribution in [3.63, 3.8) is 0 Å². The number of hydrogen-bond acceptors (Lipinski definition) is 9. The van der Waals surface area contributed by atoms with Crippen LogP contribution in [0.3, 0.4) is 0 Å². The second kappa shape index (κ2) is 15.2. The molecule has 0 unspecified atom stereocenters. The van der Waals surface area contributed by atoms with E-state index in [1.807, 2.05) is 0 Å². The Balaban J connectivity index is 2.80. The number of nitrogens with zero attached hydrogens (tertiary/aromatic N) is 1. The minimum Gasteiger partial charge on any atom is -0.463 e. The Bertz CT molecular complexity index is 859. The van der Waals surface area contributed by atoms with Gasteiger partial charge in [-0.15, -0.1) is 0 Å². The molecule has 1 aliphatic rings. The molecule has 1 rings (SSSR count). The number of carbonyl (C=O) groups excluding carboxylic acids is 5. The summed E-state index contributed by atoms with van der Waals surface area (Å²) in [6.07, 6.45) is 2.88. The molecule has 0 radical (unpaired) electrons. The molecule has 1 aliphatic heterocycles. The molecular formula is C26H43N3O9. The minimum absolute atomic E-state index is 0.186. The van der Waals surface area contributed by atoms with Gasteiger partial charge in [-0.05, 0) is 80.6 Å². The number of hydrogen-bond donors (Lipinski definition) is 2. The number of rotatable bonds is 11. The van der Waals surface area contributed by atoms with Crippen molar-refractivity contribution in [1.82, 2.24) is 15.5 Å². The predicted molar refractivity (Wildman–Crippen MR) is 138 cm³/mol. The highest BCUT2D eigenvalue weighted by molar-refractivity contribution is 5.90. The average molecular weight is 542 g/mol. The summed E-state index contributed by atoms with van der Waals surface area (Å²) in [7, 11) is 0. The van der Waals surface area contributed by atoms with E-state index in [2.05, 4.69) is 10.6 Å². The van der Waals surface area contributed by atoms with Crippen molar-refractivity contribution in [1.29, 1.82) is 0 Å². The zero-order valence-corrected chi connectivity index (χ0v) is 23.6. The standard InChI is InChI=1S/C26H43N3O9/c1-8-35-20(30)14-17-36-22(32)19-13-11-16-29(19)21(31)18(28-24(34)38-26(5,6)7)12-9-10-15-27-23(33)37-25(2,3)4/h14,17-19H,8-13,15-16H2,1-7H3,(H,27,33)(H,28,34)/b17-14+/t18-,19-/m0/s1. The van der Waals surface area contributed by atoms with Gasteiger partial charge in [-0.25, -0.2) is 19.2 Å². The second-order valence-corrected chi connectivity index (χ2v) is 10.8. The van der Waals surface area contributed by atoms with E-state index in [0.29, 0.717) is 38.8 Å². The van der Waals surface area contributed by atoms with Crippen molar-refractivity contribution in [2.75, 3.05) is 19.7 Å². The van der Waals surface area contributed by atoms with Gasteiger partial charge in [0.1, 0.15) is 29.5 Å². The smallest absolute Gasteiger partial charge is 0.408 e. The molecule has 1 fully saturated rings. The van der Waals surface area contributed by atoms with Crippen LogP contribution in [0, 0.1) is 0 Å². The van der Waals surface area contributed by atoms with Gasteiger partial charge in [-0.3, -0.25) is 4.79 Å². The number of likely N-dealkylation sites (tertiary alicyclic amines) is 1. The molecule has 1 heterocycles. The summed E-state index contributed by atoms with van der Waals surface area (Å²) in [6, 6.07) is -1.80. The highest BCUT2D eigenvalue weighted by Crippen LogP contribution is 2.21. The molecule has 2 atom stereocenters. The Kier molecular flexibility index (Phi) is 13.1. The van der Waals surface area contributed by atoms with Crippen molar-refractivity contribution < 1.29 is 42.9 Å². The van der Waals surface area contributed by atoms with E-state index in [0.717, 1.165) is 12.3 Å². The third kappa shape index (κ3) is 13.3. The van der Waals surface area contributed by atoms with Gasteiger partial charge in [-0.2, -0.15) is 0 Å². The summed E-state index contributed by atoms with van der Waals surface area (Å²) < 4.78 is 20.3. The van der Waals surface area contributed by atoms with E-state index in [1.54, 1.807) is 48.5 Å². The number of amides is 3. The lowest BCUT2D eigenvalue weighted by atomic mass is 10.1. The molecule has 0 saturated carbocycles. The predicted octanol–water partition coefficient (Wildman–Crippen LogP) is 3.19. The molecular weight excluding hydrogens is 498 g/mol. The van der Waals surface area contributed by atoms with Gasteiger partial charge in [0.2, 0.25) is 5.91 Å². The van der Waals surface area contributed by atoms with Crippen molar-refractivity contribution in [3.05, 3.63) is 12.3 Å². The first-order valence-corrected chi connectivity index (χ1v) is 12.9. The van der Waals surface area contributed by atoms with Crippen LogP contribution in [0.4, 0.5) is 9.59 Å². The Hall–Kier alpha value is -3.31. The molecule has 0 aromatic carbocycles.